The summed E-state index contributed by atoms with van der Waals surface area (Å²) in [5.41, 5.74) is 2.88. The number of carbonyl (C=O) groups excluding carboxylic acids is 1. The number of hydrogen-bond acceptors (Lipinski definition) is 10. The maximum atomic E-state index is 12.9. The second-order valence-corrected chi connectivity index (χ2v) is 13.4. The maximum Gasteiger partial charge on any atom is 0.320 e. The van der Waals surface area contributed by atoms with Gasteiger partial charge in [-0.15, -0.1) is 0 Å². The average molecular weight is 680 g/mol. The van der Waals surface area contributed by atoms with Crippen LogP contribution in [0.5, 0.6) is 11.5 Å². The molecule has 1 fully saturated rings. The number of unbranched alkanes of at least 4 members (excludes halogenated alkanes) is 1. The van der Waals surface area contributed by atoms with Gasteiger partial charge in [-0.2, -0.15) is 0 Å². The number of fused-ring (bicyclic) bond motifs is 2. The Morgan fingerprint density at radius 1 is 0.860 bits per heavy atom. The van der Waals surface area contributed by atoms with Crippen LogP contribution in [-0.2, 0) is 0 Å². The van der Waals surface area contributed by atoms with Crippen LogP contribution in [-0.4, -0.2) is 102 Å². The molecule has 3 N–H and O–H groups in total. The van der Waals surface area contributed by atoms with E-state index in [4.69, 9.17) is 14.5 Å². The van der Waals surface area contributed by atoms with E-state index >= 15 is 0 Å². The first-order valence-corrected chi connectivity index (χ1v) is 17.0. The lowest BCUT2D eigenvalue weighted by Crippen LogP contribution is -2.44. The molecule has 0 spiro atoms. The molecule has 0 atom stereocenters. The predicted octanol–water partition coefficient (Wildman–Crippen LogP) is 6.30. The van der Waals surface area contributed by atoms with Crippen molar-refractivity contribution in [1.82, 2.24) is 35.1 Å². The summed E-state index contributed by atoms with van der Waals surface area (Å²) in [5.74, 6) is 2.49. The smallest absolute Gasteiger partial charge is 0.320 e. The Hall–Kier alpha value is -5.07. The Morgan fingerprint density at radius 2 is 1.62 bits per heavy atom. The monoisotopic (exact) mass is 679 g/mol. The molecule has 0 aliphatic carbocycles. The van der Waals surface area contributed by atoms with Crippen molar-refractivity contribution in [3.63, 3.8) is 0 Å². The van der Waals surface area contributed by atoms with Crippen LogP contribution < -0.4 is 25.4 Å². The zero-order valence-corrected chi connectivity index (χ0v) is 30.0. The quantitative estimate of drug-likeness (QED) is 0.145. The second-order valence-electron chi connectivity index (χ2n) is 13.4. The number of hydrogen-bond donors (Lipinski definition) is 3. The summed E-state index contributed by atoms with van der Waals surface area (Å²) in [6.45, 7) is 12.4. The third kappa shape index (κ3) is 10.5. The standard InChI is InChI=1S/C30H43N7O3.C8H6N2/c1-30(2,3)35-29(38)34-28-25(21-15-23(39-5)18-24(16-21)40-6)17-22-20-32-27(19-26(22)33-28)31-9-7-8-10-37-13-11-36(4)12-14-37;1-2-7-6-9-5-3-8(7)10-4-1/h15-20H,7-14H2,1-6H3,(H,31,32)(H2,33,34,35,38);1-6H. The lowest BCUT2D eigenvalue weighted by Gasteiger charge is -2.32. The molecule has 0 unspecified atom stereocenters. The van der Waals surface area contributed by atoms with E-state index in [0.717, 1.165) is 90.9 Å². The molecule has 4 aromatic heterocycles. The van der Waals surface area contributed by atoms with Crippen molar-refractivity contribution in [2.24, 2.45) is 0 Å². The summed E-state index contributed by atoms with van der Waals surface area (Å²) in [6.07, 6.45) is 9.36. The molecule has 0 bridgehead atoms. The van der Waals surface area contributed by atoms with E-state index in [1.165, 1.54) is 0 Å². The number of nitrogens with one attached hydrogen (secondary N) is 3. The molecule has 5 aromatic rings. The Balaban J connectivity index is 0.000000412. The molecule has 0 radical (unpaired) electrons. The highest BCUT2D eigenvalue weighted by molar-refractivity contribution is 5.97. The Morgan fingerprint density at radius 3 is 2.32 bits per heavy atom. The van der Waals surface area contributed by atoms with Crippen LogP contribution >= 0.6 is 0 Å². The molecule has 2 amide bonds. The molecule has 0 saturated carbocycles. The van der Waals surface area contributed by atoms with E-state index in [0.29, 0.717) is 17.3 Å². The first-order valence-electron chi connectivity index (χ1n) is 17.0. The highest BCUT2D eigenvalue weighted by Crippen LogP contribution is 2.35. The van der Waals surface area contributed by atoms with Crippen molar-refractivity contribution in [3.8, 4) is 22.6 Å². The molecular formula is C38H49N9O3. The molecule has 5 heterocycles. The van der Waals surface area contributed by atoms with Gasteiger partial charge in [0.1, 0.15) is 23.1 Å². The van der Waals surface area contributed by atoms with Gasteiger partial charge in [-0.1, -0.05) is 0 Å². The van der Waals surface area contributed by atoms with Gasteiger partial charge in [0.05, 0.1) is 25.3 Å². The van der Waals surface area contributed by atoms with E-state index in [1.807, 2.05) is 81.7 Å². The van der Waals surface area contributed by atoms with Crippen molar-refractivity contribution in [2.45, 2.75) is 39.2 Å². The molecule has 1 aliphatic heterocycles. The van der Waals surface area contributed by atoms with Gasteiger partial charge < -0.3 is 29.9 Å². The topological polar surface area (TPSA) is 130 Å². The molecule has 6 rings (SSSR count). The second kappa shape index (κ2) is 17.0. The third-order valence-corrected chi connectivity index (χ3v) is 8.29. The normalized spacial score (nSPS) is 13.7. The van der Waals surface area contributed by atoms with Crippen LogP contribution in [0.4, 0.5) is 16.4 Å². The third-order valence-electron chi connectivity index (χ3n) is 8.29. The highest BCUT2D eigenvalue weighted by Gasteiger charge is 2.18. The zero-order chi connectivity index (χ0) is 35.5. The Labute approximate surface area is 294 Å². The first kappa shape index (κ1) is 36.2. The van der Waals surface area contributed by atoms with Gasteiger partial charge in [-0.3, -0.25) is 15.3 Å². The number of aromatic nitrogens is 4. The van der Waals surface area contributed by atoms with Crippen molar-refractivity contribution < 1.29 is 14.3 Å². The lowest BCUT2D eigenvalue weighted by atomic mass is 10.0. The summed E-state index contributed by atoms with van der Waals surface area (Å²) >= 11 is 0. The summed E-state index contributed by atoms with van der Waals surface area (Å²) < 4.78 is 11.0. The van der Waals surface area contributed by atoms with E-state index < -0.39 is 5.54 Å². The lowest BCUT2D eigenvalue weighted by molar-refractivity contribution is 0.152. The van der Waals surface area contributed by atoms with E-state index in [9.17, 15) is 4.79 Å². The maximum absolute atomic E-state index is 12.9. The molecule has 12 heteroatoms. The fourth-order valence-corrected chi connectivity index (χ4v) is 5.59. The Bertz CT molecular complexity index is 1780. The summed E-state index contributed by atoms with van der Waals surface area (Å²) in [6, 6.07) is 15.0. The molecule has 264 valence electrons. The van der Waals surface area contributed by atoms with Crippen molar-refractivity contribution in [1.29, 1.82) is 0 Å². The van der Waals surface area contributed by atoms with Crippen molar-refractivity contribution in [2.75, 3.05) is 71.2 Å². The largest absolute Gasteiger partial charge is 0.497 e. The number of pyridine rings is 4. The first-order chi connectivity index (χ1) is 24.1. The fraction of sp³-hybridized carbons (Fsp3) is 0.395. The number of piperazine rings is 1. The van der Waals surface area contributed by atoms with Crippen molar-refractivity contribution in [3.05, 3.63) is 73.3 Å². The summed E-state index contributed by atoms with van der Waals surface area (Å²) in [7, 11) is 5.40. The number of benzene rings is 1. The van der Waals surface area contributed by atoms with Gasteiger partial charge in [0.15, 0.2) is 0 Å². The minimum Gasteiger partial charge on any atom is -0.497 e. The molecule has 1 saturated heterocycles. The fourth-order valence-electron chi connectivity index (χ4n) is 5.59. The number of rotatable bonds is 10. The molecule has 1 aliphatic rings. The van der Waals surface area contributed by atoms with Gasteiger partial charge in [0.2, 0.25) is 0 Å². The molecule has 12 nitrogen and oxygen atoms in total. The number of methoxy groups -OCH3 is 2. The van der Waals surface area contributed by atoms with Crippen molar-refractivity contribution >= 4 is 39.5 Å². The molecule has 1 aromatic carbocycles. The van der Waals surface area contributed by atoms with Gasteiger partial charge in [0.25, 0.3) is 0 Å². The van der Waals surface area contributed by atoms with Gasteiger partial charge in [-0.05, 0) is 89.2 Å². The number of nitrogens with zero attached hydrogens (tertiary/aromatic N) is 6. The predicted molar refractivity (Wildman–Crippen MR) is 201 cm³/mol. The summed E-state index contributed by atoms with van der Waals surface area (Å²) in [5, 5.41) is 11.3. The summed E-state index contributed by atoms with van der Waals surface area (Å²) in [4.78, 5) is 35.4. The number of carbonyl (C=O) groups is 1. The minimum absolute atomic E-state index is 0.330. The van der Waals surface area contributed by atoms with Crippen LogP contribution in [0.2, 0.25) is 0 Å². The van der Waals surface area contributed by atoms with Crippen LogP contribution in [0, 0.1) is 0 Å². The number of anilines is 2. The minimum atomic E-state index is -0.397. The van der Waals surface area contributed by atoms with Gasteiger partial charge in [-0.25, -0.2) is 14.8 Å². The van der Waals surface area contributed by atoms with E-state index in [1.54, 1.807) is 26.6 Å². The van der Waals surface area contributed by atoms with Crippen LogP contribution in [0.3, 0.4) is 0 Å². The Kier molecular flexibility index (Phi) is 12.3. The van der Waals surface area contributed by atoms with E-state index in [2.05, 4.69) is 47.7 Å². The SMILES string of the molecule is COc1cc(OC)cc(-c2cc3cnc(NCCCCN4CCN(C)CC4)cc3nc2NC(=O)NC(C)(C)C)c1.c1cnc2ccncc2c1. The van der Waals surface area contributed by atoms with Gasteiger partial charge >= 0.3 is 6.03 Å². The van der Waals surface area contributed by atoms with E-state index in [-0.39, 0.29) is 6.03 Å². The molecular weight excluding hydrogens is 630 g/mol. The molecule has 50 heavy (non-hydrogen) atoms. The number of ether oxygens (including phenoxy) is 2. The number of urea groups is 1. The number of amides is 2. The van der Waals surface area contributed by atoms with Crippen LogP contribution in [0.15, 0.2) is 73.3 Å². The van der Waals surface area contributed by atoms with Crippen LogP contribution in [0.1, 0.15) is 33.6 Å². The van der Waals surface area contributed by atoms with Gasteiger partial charge in [0, 0.05) is 91.5 Å². The number of likely N-dealkylation sites (N-methyl/N-ethyl adjacent to an activating group) is 1. The zero-order valence-electron chi connectivity index (χ0n) is 30.0. The highest BCUT2D eigenvalue weighted by atomic mass is 16.5. The average Bonchev–Trinajstić information content (AvgIpc) is 3.11. The van der Waals surface area contributed by atoms with Crippen LogP contribution in [0.25, 0.3) is 32.9 Å².